The maximum Gasteiger partial charge on any atom is -0.0184 e. The molecule has 2 aromatic carbocycles. The highest BCUT2D eigenvalue weighted by Crippen LogP contribution is 2.14. The first-order chi connectivity index (χ1) is 7.86. The van der Waals surface area contributed by atoms with Crippen LogP contribution in [-0.2, 0) is 0 Å². The Labute approximate surface area is 96.6 Å². The van der Waals surface area contributed by atoms with Crippen LogP contribution >= 0.6 is 0 Å². The molecule has 0 fully saturated rings. The third-order valence-electron chi connectivity index (χ3n) is 2.36. The molecule has 0 N–H and O–H groups in total. The van der Waals surface area contributed by atoms with E-state index in [9.17, 15) is 0 Å². The molecule has 0 amide bonds. The van der Waals surface area contributed by atoms with Gasteiger partial charge in [0, 0.05) is 0 Å². The van der Waals surface area contributed by atoms with Crippen LogP contribution < -0.4 is 0 Å². The molecule has 0 aliphatic carbocycles. The van der Waals surface area contributed by atoms with E-state index in [1.165, 1.54) is 0 Å². The molecule has 0 saturated heterocycles. The van der Waals surface area contributed by atoms with Gasteiger partial charge < -0.3 is 0 Å². The number of hydrogen-bond donors (Lipinski definition) is 0. The number of allylic oxidation sites excluding steroid dienone is 2. The molecule has 0 atom stereocenters. The van der Waals surface area contributed by atoms with Crippen LogP contribution in [0.15, 0.2) is 66.7 Å². The van der Waals surface area contributed by atoms with Crippen molar-refractivity contribution in [3.63, 3.8) is 0 Å². The summed E-state index contributed by atoms with van der Waals surface area (Å²) >= 11 is 0. The van der Waals surface area contributed by atoms with Gasteiger partial charge in [0.2, 0.25) is 0 Å². The topological polar surface area (TPSA) is 0 Å². The predicted molar refractivity (Wildman–Crippen MR) is 69.6 cm³/mol. The van der Waals surface area contributed by atoms with Gasteiger partial charge >= 0.3 is 0 Å². The van der Waals surface area contributed by atoms with E-state index in [4.69, 9.17) is 6.58 Å². The largest absolute Gasteiger partial charge is 0.0622 e. The molecule has 0 nitrogen and oxygen atoms in total. The summed E-state index contributed by atoms with van der Waals surface area (Å²) in [6.45, 7) is 5.97. The van der Waals surface area contributed by atoms with E-state index < -0.39 is 0 Å². The minimum atomic E-state index is 0.782. The van der Waals surface area contributed by atoms with Gasteiger partial charge in [0.15, 0.2) is 0 Å². The second kappa shape index (κ2) is 5.13. The Kier molecular flexibility index (Phi) is 3.35. The second-order valence-corrected chi connectivity index (χ2v) is 3.57. The van der Waals surface area contributed by atoms with E-state index in [0.29, 0.717) is 0 Å². The minimum Gasteiger partial charge on any atom is -0.0622 e. The number of hydrogen-bond acceptors (Lipinski definition) is 0. The molecule has 1 radical (unpaired) electrons. The van der Waals surface area contributed by atoms with Gasteiger partial charge in [0.25, 0.3) is 0 Å². The first-order valence-electron chi connectivity index (χ1n) is 5.27. The molecule has 0 aromatic heterocycles. The standard InChI is InChI=1S/C16H13/c1-14(16-10-6-3-7-11-16)12-13-15-8-4-2-5-9-15/h1-13H. The third-order valence-corrected chi connectivity index (χ3v) is 2.36. The lowest BCUT2D eigenvalue weighted by atomic mass is 10.1. The van der Waals surface area contributed by atoms with Gasteiger partial charge in [-0.3, -0.25) is 0 Å². The quantitative estimate of drug-likeness (QED) is 0.658. The SMILES string of the molecule is [CH]=C(C=Cc1ccccc1)c1ccccc1. The van der Waals surface area contributed by atoms with Gasteiger partial charge in [0.05, 0.1) is 0 Å². The molecule has 0 saturated carbocycles. The van der Waals surface area contributed by atoms with E-state index in [-0.39, 0.29) is 0 Å². The van der Waals surface area contributed by atoms with Gasteiger partial charge in [-0.05, 0) is 16.7 Å². The minimum absolute atomic E-state index is 0.782. The van der Waals surface area contributed by atoms with E-state index >= 15 is 0 Å². The lowest BCUT2D eigenvalue weighted by molar-refractivity contribution is 1.62. The lowest BCUT2D eigenvalue weighted by Crippen LogP contribution is -1.77. The summed E-state index contributed by atoms with van der Waals surface area (Å²) in [7, 11) is 0. The Bertz CT molecular complexity index is 478. The van der Waals surface area contributed by atoms with Crippen molar-refractivity contribution in [3.05, 3.63) is 84.4 Å². The van der Waals surface area contributed by atoms with Crippen LogP contribution in [0.25, 0.3) is 11.6 Å². The average molecular weight is 205 g/mol. The van der Waals surface area contributed by atoms with Crippen LogP contribution in [0.4, 0.5) is 0 Å². The molecule has 0 bridgehead atoms. The third kappa shape index (κ3) is 2.71. The van der Waals surface area contributed by atoms with Crippen molar-refractivity contribution in [3.8, 4) is 0 Å². The van der Waals surface area contributed by atoms with E-state index in [2.05, 4.69) is 12.1 Å². The van der Waals surface area contributed by atoms with Crippen LogP contribution in [0.5, 0.6) is 0 Å². The fraction of sp³-hybridized carbons (Fsp3) is 0. The molecule has 0 spiro atoms. The van der Waals surface area contributed by atoms with Crippen molar-refractivity contribution in [2.45, 2.75) is 0 Å². The Morgan fingerprint density at radius 3 is 2.00 bits per heavy atom. The van der Waals surface area contributed by atoms with Crippen molar-refractivity contribution >= 4 is 11.6 Å². The summed E-state index contributed by atoms with van der Waals surface area (Å²) < 4.78 is 0. The summed E-state index contributed by atoms with van der Waals surface area (Å²) in [6, 6.07) is 20.1. The van der Waals surface area contributed by atoms with Crippen LogP contribution in [0.3, 0.4) is 0 Å². The van der Waals surface area contributed by atoms with Crippen LogP contribution in [-0.4, -0.2) is 0 Å². The fourth-order valence-corrected chi connectivity index (χ4v) is 1.48. The van der Waals surface area contributed by atoms with Crippen LogP contribution in [0, 0.1) is 6.58 Å². The van der Waals surface area contributed by atoms with Gasteiger partial charge in [-0.1, -0.05) is 79.4 Å². The Hall–Kier alpha value is -2.08. The van der Waals surface area contributed by atoms with Gasteiger partial charge in [-0.2, -0.15) is 0 Å². The molecule has 0 aliphatic rings. The first kappa shape index (κ1) is 10.4. The zero-order valence-corrected chi connectivity index (χ0v) is 9.01. The summed E-state index contributed by atoms with van der Waals surface area (Å²) in [5.41, 5.74) is 2.99. The molecule has 0 aliphatic heterocycles. The zero-order valence-electron chi connectivity index (χ0n) is 9.01. The zero-order chi connectivity index (χ0) is 11.2. The molecular weight excluding hydrogens is 192 g/mol. The molecule has 16 heavy (non-hydrogen) atoms. The summed E-state index contributed by atoms with van der Waals surface area (Å²) in [5.74, 6) is 0. The lowest BCUT2D eigenvalue weighted by Gasteiger charge is -1.98. The molecule has 2 aromatic rings. The number of benzene rings is 2. The Balaban J connectivity index is 2.12. The van der Waals surface area contributed by atoms with E-state index in [1.54, 1.807) is 0 Å². The van der Waals surface area contributed by atoms with Gasteiger partial charge in [-0.15, -0.1) is 0 Å². The maximum atomic E-state index is 5.97. The molecule has 0 heterocycles. The highest BCUT2D eigenvalue weighted by molar-refractivity contribution is 5.76. The fourth-order valence-electron chi connectivity index (χ4n) is 1.48. The summed E-state index contributed by atoms with van der Waals surface area (Å²) in [6.07, 6.45) is 3.95. The molecule has 77 valence electrons. The Morgan fingerprint density at radius 2 is 1.38 bits per heavy atom. The first-order valence-corrected chi connectivity index (χ1v) is 5.27. The molecule has 0 unspecified atom stereocenters. The predicted octanol–water partition coefficient (Wildman–Crippen LogP) is 4.22. The maximum absolute atomic E-state index is 5.97. The number of rotatable bonds is 3. The Morgan fingerprint density at radius 1 is 0.812 bits per heavy atom. The summed E-state index contributed by atoms with van der Waals surface area (Å²) in [4.78, 5) is 0. The van der Waals surface area contributed by atoms with Crippen molar-refractivity contribution < 1.29 is 0 Å². The van der Waals surface area contributed by atoms with Crippen molar-refractivity contribution in [2.75, 3.05) is 0 Å². The monoisotopic (exact) mass is 205 g/mol. The van der Waals surface area contributed by atoms with E-state index in [1.807, 2.05) is 60.7 Å². The van der Waals surface area contributed by atoms with E-state index in [0.717, 1.165) is 16.7 Å². The van der Waals surface area contributed by atoms with Crippen LogP contribution in [0.2, 0.25) is 0 Å². The van der Waals surface area contributed by atoms with Crippen molar-refractivity contribution in [2.24, 2.45) is 0 Å². The molecular formula is C16H13. The second-order valence-electron chi connectivity index (χ2n) is 3.57. The molecule has 0 heteroatoms. The smallest absolute Gasteiger partial charge is 0.0184 e. The highest BCUT2D eigenvalue weighted by atomic mass is 14.0. The molecule has 2 rings (SSSR count). The highest BCUT2D eigenvalue weighted by Gasteiger charge is 1.92. The van der Waals surface area contributed by atoms with Crippen molar-refractivity contribution in [1.82, 2.24) is 0 Å². The summed E-state index contributed by atoms with van der Waals surface area (Å²) in [5, 5.41) is 0. The van der Waals surface area contributed by atoms with Crippen molar-refractivity contribution in [1.29, 1.82) is 0 Å². The van der Waals surface area contributed by atoms with Gasteiger partial charge in [-0.25, -0.2) is 0 Å². The van der Waals surface area contributed by atoms with Crippen LogP contribution in [0.1, 0.15) is 11.1 Å². The average Bonchev–Trinajstić information content (AvgIpc) is 2.38. The normalized spacial score (nSPS) is 10.5. The van der Waals surface area contributed by atoms with Gasteiger partial charge in [0.1, 0.15) is 0 Å².